The van der Waals surface area contributed by atoms with Gasteiger partial charge in [0.05, 0.1) is 24.5 Å². The van der Waals surface area contributed by atoms with Crippen molar-refractivity contribution in [3.63, 3.8) is 0 Å². The van der Waals surface area contributed by atoms with Crippen molar-refractivity contribution < 1.29 is 19.0 Å². The number of allylic oxidation sites excluding steroid dienone is 1. The van der Waals surface area contributed by atoms with Crippen LogP contribution in [-0.2, 0) is 11.4 Å². The Morgan fingerprint density at radius 2 is 1.73 bits per heavy atom. The highest BCUT2D eigenvalue weighted by Gasteiger charge is 2.35. The number of fused-ring (bicyclic) bond motifs is 1. The van der Waals surface area contributed by atoms with E-state index in [-0.39, 0.29) is 5.91 Å². The molecule has 1 aromatic heterocycles. The second-order valence-electron chi connectivity index (χ2n) is 10.0. The first-order chi connectivity index (χ1) is 21.4. The quantitative estimate of drug-likeness (QED) is 0.138. The minimum absolute atomic E-state index is 0.274. The molecule has 230 valence electrons. The highest BCUT2D eigenvalue weighted by atomic mass is 79.9. The van der Waals surface area contributed by atoms with Crippen LogP contribution in [0.1, 0.15) is 51.3 Å². The summed E-state index contributed by atoms with van der Waals surface area (Å²) in [5, 5.41) is 11.9. The smallest absolute Gasteiger partial charge is 0.255 e. The molecule has 0 aliphatic carbocycles. The minimum atomic E-state index is -0.575. The molecule has 0 radical (unpaired) electrons. The molecule has 9 nitrogen and oxygen atoms in total. The van der Waals surface area contributed by atoms with Gasteiger partial charge in [-0.05, 0) is 74.7 Å². The van der Waals surface area contributed by atoms with E-state index in [4.69, 9.17) is 24.3 Å². The molecule has 1 atom stereocenters. The fraction of sp³-hybridized carbons (Fsp3) is 0.303. The maximum Gasteiger partial charge on any atom is 0.255 e. The number of hydrogen-bond acceptors (Lipinski definition) is 8. The molecular weight excluding hydrogens is 642 g/mol. The van der Waals surface area contributed by atoms with Crippen molar-refractivity contribution >= 4 is 45.2 Å². The molecule has 1 aliphatic heterocycles. The zero-order valence-electron chi connectivity index (χ0n) is 25.2. The lowest BCUT2D eigenvalue weighted by molar-refractivity contribution is -0.113. The number of thioether (sulfide) groups is 1. The number of nitrogens with one attached hydrogen (secondary N) is 2. The molecule has 11 heteroatoms. The van der Waals surface area contributed by atoms with Crippen LogP contribution in [0.5, 0.6) is 17.2 Å². The Bertz CT molecular complexity index is 1640. The van der Waals surface area contributed by atoms with Gasteiger partial charge in [0, 0.05) is 15.9 Å². The predicted molar refractivity (Wildman–Crippen MR) is 178 cm³/mol. The van der Waals surface area contributed by atoms with Crippen LogP contribution in [0.3, 0.4) is 0 Å². The maximum absolute atomic E-state index is 14.1. The zero-order valence-corrected chi connectivity index (χ0v) is 27.6. The van der Waals surface area contributed by atoms with Gasteiger partial charge in [0.25, 0.3) is 5.91 Å². The molecule has 1 amide bonds. The number of amides is 1. The number of ether oxygens (including phenoxy) is 3. The van der Waals surface area contributed by atoms with Gasteiger partial charge in [0.2, 0.25) is 11.1 Å². The number of para-hydroxylation sites is 2. The first-order valence-electron chi connectivity index (χ1n) is 14.7. The van der Waals surface area contributed by atoms with Crippen molar-refractivity contribution in [1.29, 1.82) is 0 Å². The van der Waals surface area contributed by atoms with Gasteiger partial charge in [-0.3, -0.25) is 4.79 Å². The summed E-state index contributed by atoms with van der Waals surface area (Å²) in [6, 6.07) is 20.6. The Labute approximate surface area is 270 Å². The molecule has 3 aromatic carbocycles. The molecule has 4 aromatic rings. The number of anilines is 2. The van der Waals surface area contributed by atoms with E-state index in [1.165, 1.54) is 0 Å². The fourth-order valence-electron chi connectivity index (χ4n) is 4.85. The van der Waals surface area contributed by atoms with Crippen LogP contribution in [0, 0.1) is 0 Å². The van der Waals surface area contributed by atoms with Crippen LogP contribution < -0.4 is 24.8 Å². The van der Waals surface area contributed by atoms with Crippen molar-refractivity contribution in [3.05, 3.63) is 93.6 Å². The van der Waals surface area contributed by atoms with Crippen molar-refractivity contribution in [2.75, 3.05) is 29.6 Å². The summed E-state index contributed by atoms with van der Waals surface area (Å²) in [7, 11) is 0. The van der Waals surface area contributed by atoms with E-state index >= 15 is 0 Å². The third kappa shape index (κ3) is 7.22. The van der Waals surface area contributed by atoms with E-state index in [0.717, 1.165) is 27.8 Å². The summed E-state index contributed by atoms with van der Waals surface area (Å²) in [4.78, 5) is 18.8. The normalized spacial score (nSPS) is 14.1. The Kier molecular flexibility index (Phi) is 10.5. The Hall–Kier alpha value is -3.96. The van der Waals surface area contributed by atoms with Crippen LogP contribution in [-0.4, -0.2) is 39.6 Å². The number of rotatable bonds is 13. The highest BCUT2D eigenvalue weighted by molar-refractivity contribution is 9.10. The Morgan fingerprint density at radius 1 is 0.977 bits per heavy atom. The maximum atomic E-state index is 14.1. The first-order valence-corrected chi connectivity index (χ1v) is 16.4. The Balaban J connectivity index is 1.53. The summed E-state index contributed by atoms with van der Waals surface area (Å²) < 4.78 is 20.8. The van der Waals surface area contributed by atoms with E-state index in [2.05, 4.69) is 33.5 Å². The van der Waals surface area contributed by atoms with Gasteiger partial charge in [-0.2, -0.15) is 4.98 Å². The standard InChI is InChI=1S/C33H36BrN5O4S/c1-5-18-44-33-37-32-35-21(4)29(31(40)36-25-10-8-9-11-26(25)41-6-2)30(39(32)38-33)23-14-17-27(28(19-23)42-7-3)43-20-22-12-15-24(34)16-13-22/h8-17,19,30H,5-7,18,20H2,1-4H3,(H,36,40)(H,35,37,38). The van der Waals surface area contributed by atoms with Crippen LogP contribution in [0.15, 0.2) is 87.6 Å². The van der Waals surface area contributed by atoms with Crippen molar-refractivity contribution in [2.24, 2.45) is 0 Å². The minimum Gasteiger partial charge on any atom is -0.492 e. The van der Waals surface area contributed by atoms with Crippen LogP contribution in [0.2, 0.25) is 0 Å². The molecule has 0 spiro atoms. The van der Waals surface area contributed by atoms with Crippen molar-refractivity contribution in [3.8, 4) is 17.2 Å². The Morgan fingerprint density at radius 3 is 2.48 bits per heavy atom. The molecule has 0 saturated heterocycles. The van der Waals surface area contributed by atoms with Gasteiger partial charge >= 0.3 is 0 Å². The second-order valence-corrected chi connectivity index (χ2v) is 12.0. The summed E-state index contributed by atoms with van der Waals surface area (Å²) >= 11 is 5.06. The first kappa shape index (κ1) is 31.5. The molecule has 2 N–H and O–H groups in total. The van der Waals surface area contributed by atoms with Gasteiger partial charge in [-0.25, -0.2) is 4.68 Å². The predicted octanol–water partition coefficient (Wildman–Crippen LogP) is 7.85. The van der Waals surface area contributed by atoms with E-state index < -0.39 is 6.04 Å². The van der Waals surface area contributed by atoms with Gasteiger partial charge in [0.15, 0.2) is 11.5 Å². The van der Waals surface area contributed by atoms with Gasteiger partial charge < -0.3 is 24.8 Å². The SMILES string of the molecule is CCCSc1nc2n(n1)C(c1ccc(OCc3ccc(Br)cc3)c(OCC)c1)C(C(=O)Nc1ccccc1OCC)=C(C)N2. The number of benzene rings is 3. The van der Waals surface area contributed by atoms with Crippen molar-refractivity contribution in [2.45, 2.75) is 51.9 Å². The monoisotopic (exact) mass is 677 g/mol. The largest absolute Gasteiger partial charge is 0.492 e. The lowest BCUT2D eigenvalue weighted by Gasteiger charge is -2.29. The number of carbonyl (C=O) groups excluding carboxylic acids is 1. The van der Waals surface area contributed by atoms with E-state index in [1.54, 1.807) is 16.4 Å². The van der Waals surface area contributed by atoms with Crippen LogP contribution in [0.4, 0.5) is 11.6 Å². The lowest BCUT2D eigenvalue weighted by Crippen LogP contribution is -2.31. The number of halogens is 1. The molecule has 1 unspecified atom stereocenters. The fourth-order valence-corrected chi connectivity index (χ4v) is 5.80. The molecule has 0 saturated carbocycles. The van der Waals surface area contributed by atoms with Gasteiger partial charge in [-0.15, -0.1) is 5.10 Å². The topological polar surface area (TPSA) is 99.5 Å². The van der Waals surface area contributed by atoms with E-state index in [9.17, 15) is 4.79 Å². The average Bonchev–Trinajstić information content (AvgIpc) is 3.43. The average molecular weight is 679 g/mol. The number of hydrogen-bond donors (Lipinski definition) is 2. The molecule has 0 bridgehead atoms. The van der Waals surface area contributed by atoms with E-state index in [1.807, 2.05) is 87.5 Å². The summed E-state index contributed by atoms with van der Waals surface area (Å²) in [6.45, 7) is 9.16. The summed E-state index contributed by atoms with van der Waals surface area (Å²) in [5.74, 6) is 2.99. The highest BCUT2D eigenvalue weighted by Crippen LogP contribution is 2.40. The number of carbonyl (C=O) groups is 1. The molecule has 1 aliphatic rings. The van der Waals surface area contributed by atoms with E-state index in [0.29, 0.717) is 65.1 Å². The summed E-state index contributed by atoms with van der Waals surface area (Å²) in [5.41, 5.74) is 3.63. The van der Waals surface area contributed by atoms with Gasteiger partial charge in [-0.1, -0.05) is 64.9 Å². The molecule has 2 heterocycles. The summed E-state index contributed by atoms with van der Waals surface area (Å²) in [6.07, 6.45) is 0.995. The third-order valence-electron chi connectivity index (χ3n) is 6.84. The number of aromatic nitrogens is 3. The van der Waals surface area contributed by atoms with Crippen molar-refractivity contribution in [1.82, 2.24) is 14.8 Å². The number of nitrogens with zero attached hydrogens (tertiary/aromatic N) is 3. The molecule has 44 heavy (non-hydrogen) atoms. The second kappa shape index (κ2) is 14.7. The van der Waals surface area contributed by atoms with Crippen LogP contribution >= 0.6 is 27.7 Å². The lowest BCUT2D eigenvalue weighted by atomic mass is 9.94. The zero-order chi connectivity index (χ0) is 31.1. The molecular formula is C33H36BrN5O4S. The van der Waals surface area contributed by atoms with Gasteiger partial charge in [0.1, 0.15) is 18.4 Å². The molecule has 5 rings (SSSR count). The molecule has 0 fully saturated rings. The van der Waals surface area contributed by atoms with Crippen LogP contribution in [0.25, 0.3) is 0 Å². The third-order valence-corrected chi connectivity index (χ3v) is 8.41.